The first-order chi connectivity index (χ1) is 11.5. The topological polar surface area (TPSA) is 93.2 Å². The van der Waals surface area contributed by atoms with Gasteiger partial charge in [0.2, 0.25) is 11.8 Å². The van der Waals surface area contributed by atoms with Crippen LogP contribution in [0.4, 0.5) is 5.69 Å². The number of anilines is 1. The Morgan fingerprint density at radius 2 is 2.12 bits per heavy atom. The minimum absolute atomic E-state index is 0. The Kier molecular flexibility index (Phi) is 6.46. The molecule has 3 rings (SSSR count). The van der Waals surface area contributed by atoms with Crippen LogP contribution in [0, 0.1) is 5.41 Å². The molecule has 7 nitrogen and oxygen atoms in total. The van der Waals surface area contributed by atoms with Crippen molar-refractivity contribution in [2.75, 3.05) is 18.0 Å². The second-order valence-corrected chi connectivity index (χ2v) is 7.21. The fourth-order valence-corrected chi connectivity index (χ4v) is 3.96. The fourth-order valence-electron chi connectivity index (χ4n) is 3.96. The van der Waals surface area contributed by atoms with Crippen molar-refractivity contribution in [1.82, 2.24) is 15.1 Å². The third-order valence-corrected chi connectivity index (χ3v) is 5.43. The minimum atomic E-state index is -0.434. The molecule has 2 heterocycles. The molecular formula is C17H28ClN5O2. The smallest absolute Gasteiger partial charge is 0.249 e. The maximum absolute atomic E-state index is 12.5. The van der Waals surface area contributed by atoms with E-state index in [1.54, 1.807) is 15.8 Å². The number of carbonyl (C=O) groups is 2. The van der Waals surface area contributed by atoms with Crippen LogP contribution in [0.15, 0.2) is 12.4 Å². The molecule has 2 amide bonds. The van der Waals surface area contributed by atoms with E-state index in [1.165, 1.54) is 6.42 Å². The molecule has 1 saturated carbocycles. The van der Waals surface area contributed by atoms with Crippen molar-refractivity contribution < 1.29 is 9.59 Å². The van der Waals surface area contributed by atoms with E-state index in [9.17, 15) is 9.59 Å². The van der Waals surface area contributed by atoms with Gasteiger partial charge in [0, 0.05) is 26.2 Å². The Morgan fingerprint density at radius 3 is 2.72 bits per heavy atom. The maximum Gasteiger partial charge on any atom is 0.249 e. The zero-order valence-electron chi connectivity index (χ0n) is 14.7. The van der Waals surface area contributed by atoms with E-state index in [0.29, 0.717) is 25.9 Å². The van der Waals surface area contributed by atoms with E-state index >= 15 is 0 Å². The van der Waals surface area contributed by atoms with Crippen LogP contribution in [0.3, 0.4) is 0 Å². The number of hydrogen-bond acceptors (Lipinski definition) is 4. The molecule has 0 bridgehead atoms. The first kappa shape index (κ1) is 19.7. The molecule has 25 heavy (non-hydrogen) atoms. The maximum atomic E-state index is 12.5. The summed E-state index contributed by atoms with van der Waals surface area (Å²) >= 11 is 0. The molecule has 8 heteroatoms. The molecule has 1 saturated heterocycles. The number of nitrogens with two attached hydrogens (primary N) is 1. The van der Waals surface area contributed by atoms with Crippen LogP contribution in [-0.4, -0.2) is 40.7 Å². The van der Waals surface area contributed by atoms with E-state index in [2.05, 4.69) is 10.4 Å². The van der Waals surface area contributed by atoms with Gasteiger partial charge in [-0.1, -0.05) is 19.3 Å². The van der Waals surface area contributed by atoms with Gasteiger partial charge >= 0.3 is 0 Å². The summed E-state index contributed by atoms with van der Waals surface area (Å²) in [4.78, 5) is 26.7. The average Bonchev–Trinajstić information content (AvgIpc) is 3.15. The van der Waals surface area contributed by atoms with E-state index in [0.717, 1.165) is 31.4 Å². The predicted octanol–water partition coefficient (Wildman–Crippen LogP) is 1.36. The van der Waals surface area contributed by atoms with Crippen molar-refractivity contribution in [2.24, 2.45) is 18.2 Å². The average molecular weight is 370 g/mol. The van der Waals surface area contributed by atoms with E-state index in [4.69, 9.17) is 5.73 Å². The predicted molar refractivity (Wildman–Crippen MR) is 98.5 cm³/mol. The van der Waals surface area contributed by atoms with Crippen LogP contribution in [0.2, 0.25) is 0 Å². The standard InChI is InChI=1S/C17H27N5O2.ClH/c1-21-11-13(10-19-21)22-8-5-14(16(22)24)20-15(23)9-17(12-18)6-3-2-4-7-17;/h10-11,14H,2-9,12,18H2,1H3,(H,20,23);1H. The molecule has 1 atom stereocenters. The second kappa shape index (κ2) is 8.19. The first-order valence-corrected chi connectivity index (χ1v) is 8.82. The van der Waals surface area contributed by atoms with E-state index in [-0.39, 0.29) is 29.6 Å². The molecule has 3 N–H and O–H groups in total. The lowest BCUT2D eigenvalue weighted by atomic mass is 9.71. The number of halogens is 1. The number of nitrogens with zero attached hydrogens (tertiary/aromatic N) is 3. The quantitative estimate of drug-likeness (QED) is 0.819. The van der Waals surface area contributed by atoms with Crippen molar-refractivity contribution in [3.8, 4) is 0 Å². The summed E-state index contributed by atoms with van der Waals surface area (Å²) in [5, 5.41) is 7.03. The minimum Gasteiger partial charge on any atom is -0.344 e. The molecule has 2 aliphatic rings. The summed E-state index contributed by atoms with van der Waals surface area (Å²) in [6.07, 6.45) is 10.1. The van der Waals surface area contributed by atoms with Crippen molar-refractivity contribution in [1.29, 1.82) is 0 Å². The highest BCUT2D eigenvalue weighted by Gasteiger charge is 2.37. The van der Waals surface area contributed by atoms with Gasteiger partial charge in [0.25, 0.3) is 0 Å². The number of amides is 2. The summed E-state index contributed by atoms with van der Waals surface area (Å²) in [7, 11) is 1.82. The van der Waals surface area contributed by atoms with Gasteiger partial charge < -0.3 is 16.0 Å². The number of carbonyl (C=O) groups excluding carboxylic acids is 2. The van der Waals surface area contributed by atoms with Crippen LogP contribution in [-0.2, 0) is 16.6 Å². The highest BCUT2D eigenvalue weighted by molar-refractivity contribution is 6.01. The van der Waals surface area contributed by atoms with Crippen LogP contribution in [0.5, 0.6) is 0 Å². The van der Waals surface area contributed by atoms with Crippen LogP contribution >= 0.6 is 12.4 Å². The molecule has 140 valence electrons. The molecule has 2 fully saturated rings. The Balaban J connectivity index is 0.00000225. The van der Waals surface area contributed by atoms with Crippen LogP contribution < -0.4 is 16.0 Å². The number of hydrogen-bond donors (Lipinski definition) is 2. The zero-order chi connectivity index (χ0) is 17.2. The Hall–Kier alpha value is -1.60. The molecule has 1 aliphatic carbocycles. The fraction of sp³-hybridized carbons (Fsp3) is 0.706. The van der Waals surface area contributed by atoms with Gasteiger partial charge in [0.1, 0.15) is 6.04 Å². The molecule has 1 unspecified atom stereocenters. The normalized spacial score (nSPS) is 22.6. The van der Waals surface area contributed by atoms with Crippen molar-refractivity contribution in [2.45, 2.75) is 51.0 Å². The molecule has 1 aromatic heterocycles. The Morgan fingerprint density at radius 1 is 1.40 bits per heavy atom. The molecule has 0 aromatic carbocycles. The number of aromatic nitrogens is 2. The summed E-state index contributed by atoms with van der Waals surface area (Å²) < 4.78 is 1.67. The van der Waals surface area contributed by atoms with E-state index < -0.39 is 6.04 Å². The molecule has 0 spiro atoms. The lowest BCUT2D eigenvalue weighted by molar-refractivity contribution is -0.128. The Bertz CT molecular complexity index is 612. The number of aryl methyl sites for hydroxylation is 1. The summed E-state index contributed by atoms with van der Waals surface area (Å²) in [6, 6.07) is -0.434. The SMILES string of the molecule is Cl.Cn1cc(N2CCC(NC(=O)CC3(CN)CCCCC3)C2=O)cn1. The number of rotatable bonds is 5. The van der Waals surface area contributed by atoms with Gasteiger partial charge in [-0.05, 0) is 31.2 Å². The Labute approximate surface area is 154 Å². The monoisotopic (exact) mass is 369 g/mol. The lowest BCUT2D eigenvalue weighted by Gasteiger charge is -2.35. The van der Waals surface area contributed by atoms with Crippen molar-refractivity contribution >= 4 is 29.9 Å². The van der Waals surface area contributed by atoms with Crippen LogP contribution in [0.25, 0.3) is 0 Å². The van der Waals surface area contributed by atoms with Gasteiger partial charge in [-0.25, -0.2) is 0 Å². The number of nitrogens with one attached hydrogen (secondary N) is 1. The van der Waals surface area contributed by atoms with Gasteiger partial charge in [-0.15, -0.1) is 12.4 Å². The largest absolute Gasteiger partial charge is 0.344 e. The van der Waals surface area contributed by atoms with Gasteiger partial charge in [0.05, 0.1) is 11.9 Å². The van der Waals surface area contributed by atoms with E-state index in [1.807, 2.05) is 13.2 Å². The highest BCUT2D eigenvalue weighted by Crippen LogP contribution is 2.38. The summed E-state index contributed by atoms with van der Waals surface area (Å²) in [5.74, 6) is -0.101. The summed E-state index contributed by atoms with van der Waals surface area (Å²) in [6.45, 7) is 1.15. The third-order valence-electron chi connectivity index (χ3n) is 5.43. The first-order valence-electron chi connectivity index (χ1n) is 8.82. The lowest BCUT2D eigenvalue weighted by Crippen LogP contribution is -2.45. The molecular weight excluding hydrogens is 342 g/mol. The second-order valence-electron chi connectivity index (χ2n) is 7.21. The summed E-state index contributed by atoms with van der Waals surface area (Å²) in [5.41, 5.74) is 6.66. The van der Waals surface area contributed by atoms with Crippen molar-refractivity contribution in [3.63, 3.8) is 0 Å². The zero-order valence-corrected chi connectivity index (χ0v) is 15.6. The van der Waals surface area contributed by atoms with Gasteiger partial charge in [0.15, 0.2) is 0 Å². The van der Waals surface area contributed by atoms with Gasteiger partial charge in [-0.2, -0.15) is 5.10 Å². The van der Waals surface area contributed by atoms with Gasteiger partial charge in [-0.3, -0.25) is 14.3 Å². The molecule has 0 radical (unpaired) electrons. The third kappa shape index (κ3) is 4.33. The van der Waals surface area contributed by atoms with Crippen LogP contribution in [0.1, 0.15) is 44.9 Å². The van der Waals surface area contributed by atoms with Crippen molar-refractivity contribution in [3.05, 3.63) is 12.4 Å². The molecule has 1 aliphatic heterocycles. The molecule has 1 aromatic rings. The highest BCUT2D eigenvalue weighted by atomic mass is 35.5.